The molecule has 0 spiro atoms. The fourth-order valence-electron chi connectivity index (χ4n) is 2.00. The molecule has 0 radical (unpaired) electrons. The minimum atomic E-state index is 0.214. The van der Waals surface area contributed by atoms with Gasteiger partial charge in [0.25, 0.3) is 0 Å². The van der Waals surface area contributed by atoms with E-state index in [1.54, 1.807) is 0 Å². The Hall–Kier alpha value is -0.120. The zero-order valence-electron chi connectivity index (χ0n) is 11.9. The third-order valence-electron chi connectivity index (χ3n) is 3.08. The summed E-state index contributed by atoms with van der Waals surface area (Å²) in [6.07, 6.45) is 0. The molecule has 0 aromatic carbocycles. The Morgan fingerprint density at radius 3 is 2.31 bits per heavy atom. The summed E-state index contributed by atoms with van der Waals surface area (Å²) in [4.78, 5) is 2.57. The van der Waals surface area contributed by atoms with Crippen LogP contribution in [0.3, 0.4) is 0 Å². The van der Waals surface area contributed by atoms with Gasteiger partial charge in [-0.05, 0) is 41.5 Å². The van der Waals surface area contributed by atoms with E-state index >= 15 is 0 Å². The Kier molecular flexibility index (Phi) is 4.38. The number of rotatable bonds is 2. The third-order valence-corrected chi connectivity index (χ3v) is 3.08. The molecule has 96 valence electrons. The predicted octanol–water partition coefficient (Wildman–Crippen LogP) is 1.45. The van der Waals surface area contributed by atoms with Crippen molar-refractivity contribution in [2.24, 2.45) is 0 Å². The maximum Gasteiger partial charge on any atom is 0.0321 e. The summed E-state index contributed by atoms with van der Waals surface area (Å²) < 4.78 is 0. The number of piperazine rings is 1. The first kappa shape index (κ1) is 13.9. The molecule has 2 N–H and O–H groups in total. The highest BCUT2D eigenvalue weighted by molar-refractivity contribution is 4.88. The Morgan fingerprint density at radius 2 is 1.81 bits per heavy atom. The van der Waals surface area contributed by atoms with Gasteiger partial charge in [0, 0.05) is 43.3 Å². The van der Waals surface area contributed by atoms with Crippen molar-refractivity contribution in [1.29, 1.82) is 0 Å². The quantitative estimate of drug-likeness (QED) is 0.748. The van der Waals surface area contributed by atoms with Crippen LogP contribution in [0.1, 0.15) is 41.5 Å². The van der Waals surface area contributed by atoms with Crippen LogP contribution < -0.4 is 10.6 Å². The molecule has 16 heavy (non-hydrogen) atoms. The van der Waals surface area contributed by atoms with E-state index in [4.69, 9.17) is 0 Å². The molecular weight excluding hydrogens is 198 g/mol. The fraction of sp³-hybridized carbons (Fsp3) is 1.00. The predicted molar refractivity (Wildman–Crippen MR) is 70.9 cm³/mol. The van der Waals surface area contributed by atoms with Crippen LogP contribution in [0.15, 0.2) is 0 Å². The van der Waals surface area contributed by atoms with E-state index in [-0.39, 0.29) is 5.54 Å². The summed E-state index contributed by atoms with van der Waals surface area (Å²) >= 11 is 0. The maximum atomic E-state index is 3.59. The van der Waals surface area contributed by atoms with Crippen LogP contribution in [0.4, 0.5) is 0 Å². The zero-order valence-corrected chi connectivity index (χ0v) is 11.9. The average Bonchev–Trinajstić information content (AvgIpc) is 2.13. The van der Waals surface area contributed by atoms with Gasteiger partial charge in [0.1, 0.15) is 0 Å². The van der Waals surface area contributed by atoms with E-state index in [1.165, 1.54) is 0 Å². The Labute approximate surface area is 101 Å². The standard InChI is InChI=1S/C13H29N3/c1-12(2,3)15-9-11-10-16(8-7-14-11)13(4,5)6/h11,14-15H,7-10H2,1-6H3. The van der Waals surface area contributed by atoms with Crippen molar-refractivity contribution in [2.75, 3.05) is 26.2 Å². The molecule has 3 heteroatoms. The molecular formula is C13H29N3. The van der Waals surface area contributed by atoms with Gasteiger partial charge in [0.15, 0.2) is 0 Å². The van der Waals surface area contributed by atoms with Gasteiger partial charge in [-0.3, -0.25) is 4.90 Å². The molecule has 1 fully saturated rings. The Bertz CT molecular complexity index is 212. The average molecular weight is 227 g/mol. The summed E-state index contributed by atoms with van der Waals surface area (Å²) in [5.74, 6) is 0. The molecule has 0 aromatic heterocycles. The molecule has 0 aliphatic carbocycles. The summed E-state index contributed by atoms with van der Waals surface area (Å²) in [7, 11) is 0. The van der Waals surface area contributed by atoms with Gasteiger partial charge < -0.3 is 10.6 Å². The molecule has 0 amide bonds. The van der Waals surface area contributed by atoms with Crippen molar-refractivity contribution in [1.82, 2.24) is 15.5 Å². The largest absolute Gasteiger partial charge is 0.310 e. The van der Waals surface area contributed by atoms with E-state index in [0.717, 1.165) is 26.2 Å². The van der Waals surface area contributed by atoms with Gasteiger partial charge in [0.2, 0.25) is 0 Å². The second-order valence-corrected chi connectivity index (χ2v) is 6.90. The van der Waals surface area contributed by atoms with Gasteiger partial charge in [-0.1, -0.05) is 0 Å². The number of hydrogen-bond donors (Lipinski definition) is 2. The zero-order chi connectivity index (χ0) is 12.4. The molecule has 1 aliphatic rings. The van der Waals surface area contributed by atoms with Crippen molar-refractivity contribution in [3.05, 3.63) is 0 Å². The van der Waals surface area contributed by atoms with Crippen LogP contribution in [-0.2, 0) is 0 Å². The molecule has 0 aromatic rings. The molecule has 0 bridgehead atoms. The molecule has 1 heterocycles. The summed E-state index contributed by atoms with van der Waals surface area (Å²) in [6, 6.07) is 0.576. The van der Waals surface area contributed by atoms with E-state index in [2.05, 4.69) is 57.1 Å². The molecule has 1 saturated heterocycles. The Morgan fingerprint density at radius 1 is 1.19 bits per heavy atom. The number of nitrogens with zero attached hydrogens (tertiary/aromatic N) is 1. The van der Waals surface area contributed by atoms with Crippen LogP contribution in [-0.4, -0.2) is 48.2 Å². The molecule has 1 atom stereocenters. The second-order valence-electron chi connectivity index (χ2n) is 6.90. The van der Waals surface area contributed by atoms with Gasteiger partial charge in [-0.2, -0.15) is 0 Å². The highest BCUT2D eigenvalue weighted by Crippen LogP contribution is 2.15. The highest BCUT2D eigenvalue weighted by atomic mass is 15.3. The number of nitrogens with one attached hydrogen (secondary N) is 2. The van der Waals surface area contributed by atoms with E-state index in [0.29, 0.717) is 11.6 Å². The van der Waals surface area contributed by atoms with Crippen LogP contribution in [0.25, 0.3) is 0 Å². The molecule has 1 rings (SSSR count). The van der Waals surface area contributed by atoms with Crippen molar-refractivity contribution in [3.63, 3.8) is 0 Å². The van der Waals surface area contributed by atoms with Gasteiger partial charge >= 0.3 is 0 Å². The molecule has 1 aliphatic heterocycles. The fourth-order valence-corrected chi connectivity index (χ4v) is 2.00. The monoisotopic (exact) mass is 227 g/mol. The van der Waals surface area contributed by atoms with Crippen molar-refractivity contribution < 1.29 is 0 Å². The third kappa shape index (κ3) is 4.81. The summed E-state index contributed by atoms with van der Waals surface area (Å²) in [5.41, 5.74) is 0.508. The van der Waals surface area contributed by atoms with Gasteiger partial charge in [-0.15, -0.1) is 0 Å². The van der Waals surface area contributed by atoms with E-state index < -0.39 is 0 Å². The summed E-state index contributed by atoms with van der Waals surface area (Å²) in [5, 5.41) is 7.16. The van der Waals surface area contributed by atoms with E-state index in [1.807, 2.05) is 0 Å². The van der Waals surface area contributed by atoms with Gasteiger partial charge in [0.05, 0.1) is 0 Å². The van der Waals surface area contributed by atoms with Crippen molar-refractivity contribution in [3.8, 4) is 0 Å². The lowest BCUT2D eigenvalue weighted by atomic mass is 10.0. The highest BCUT2D eigenvalue weighted by Gasteiger charge is 2.27. The normalized spacial score (nSPS) is 24.8. The maximum absolute atomic E-state index is 3.59. The number of hydrogen-bond acceptors (Lipinski definition) is 3. The lowest BCUT2D eigenvalue weighted by molar-refractivity contribution is 0.0937. The SMILES string of the molecule is CC(C)(C)NCC1CN(C(C)(C)C)CCN1. The first-order chi connectivity index (χ1) is 7.18. The van der Waals surface area contributed by atoms with Crippen LogP contribution in [0.5, 0.6) is 0 Å². The van der Waals surface area contributed by atoms with Crippen molar-refractivity contribution in [2.45, 2.75) is 58.7 Å². The minimum Gasteiger partial charge on any atom is -0.310 e. The molecule has 0 saturated carbocycles. The Balaban J connectivity index is 2.39. The smallest absolute Gasteiger partial charge is 0.0321 e. The second kappa shape index (κ2) is 5.03. The first-order valence-corrected chi connectivity index (χ1v) is 6.42. The van der Waals surface area contributed by atoms with Crippen LogP contribution >= 0.6 is 0 Å². The molecule has 3 nitrogen and oxygen atoms in total. The van der Waals surface area contributed by atoms with Crippen molar-refractivity contribution >= 4 is 0 Å². The first-order valence-electron chi connectivity index (χ1n) is 6.42. The van der Waals surface area contributed by atoms with Gasteiger partial charge in [-0.25, -0.2) is 0 Å². The van der Waals surface area contributed by atoms with Crippen LogP contribution in [0.2, 0.25) is 0 Å². The minimum absolute atomic E-state index is 0.214. The van der Waals surface area contributed by atoms with Crippen LogP contribution in [0, 0.1) is 0 Å². The van der Waals surface area contributed by atoms with E-state index in [9.17, 15) is 0 Å². The lowest BCUT2D eigenvalue weighted by Crippen LogP contribution is -2.60. The summed E-state index contributed by atoms with van der Waals surface area (Å²) in [6.45, 7) is 18.0. The lowest BCUT2D eigenvalue weighted by Gasteiger charge is -2.42. The topological polar surface area (TPSA) is 27.3 Å². The molecule has 1 unspecified atom stereocenters.